The highest BCUT2D eigenvalue weighted by Crippen LogP contribution is 2.33. The van der Waals surface area contributed by atoms with Gasteiger partial charge in [0.2, 0.25) is 0 Å². The minimum absolute atomic E-state index is 0.338. The first-order chi connectivity index (χ1) is 12.6. The largest absolute Gasteiger partial charge is 0.497 e. The summed E-state index contributed by atoms with van der Waals surface area (Å²) in [6.07, 6.45) is 0. The van der Waals surface area contributed by atoms with E-state index >= 15 is 0 Å². The third kappa shape index (κ3) is 2.70. The third-order valence-electron chi connectivity index (χ3n) is 4.42. The minimum atomic E-state index is -0.816. The Bertz CT molecular complexity index is 900. The van der Waals surface area contributed by atoms with Gasteiger partial charge in [0.1, 0.15) is 5.75 Å². The van der Waals surface area contributed by atoms with Gasteiger partial charge in [0, 0.05) is 5.02 Å². The maximum Gasteiger partial charge on any atom is 0.263 e. The maximum atomic E-state index is 12.9. The van der Waals surface area contributed by atoms with Crippen LogP contribution >= 0.6 is 11.6 Å². The summed E-state index contributed by atoms with van der Waals surface area (Å²) in [6.45, 7) is 0.356. The zero-order valence-corrected chi connectivity index (χ0v) is 14.6. The van der Waals surface area contributed by atoms with Crippen LogP contribution in [0.5, 0.6) is 5.75 Å². The SMILES string of the molecule is COc1cccc(CN2N=N[C@H]3C(=O)N(c4ccc(Cl)cc4)C(=O)[C@@H]32)c1. The number of ether oxygens (including phenoxy) is 1. The average molecular weight is 371 g/mol. The van der Waals surface area contributed by atoms with Gasteiger partial charge in [0.25, 0.3) is 11.8 Å². The van der Waals surface area contributed by atoms with Crippen LogP contribution in [-0.2, 0) is 16.1 Å². The number of nitrogens with zero attached hydrogens (tertiary/aromatic N) is 4. The summed E-state index contributed by atoms with van der Waals surface area (Å²) in [6, 6.07) is 12.5. The summed E-state index contributed by atoms with van der Waals surface area (Å²) in [4.78, 5) is 26.7. The molecule has 2 aromatic carbocycles. The second kappa shape index (κ2) is 6.42. The van der Waals surface area contributed by atoms with Crippen molar-refractivity contribution in [2.24, 2.45) is 10.3 Å². The summed E-state index contributed by atoms with van der Waals surface area (Å²) in [5, 5.41) is 10.2. The fourth-order valence-corrected chi connectivity index (χ4v) is 3.28. The van der Waals surface area contributed by atoms with Crippen LogP contribution in [0.1, 0.15) is 5.56 Å². The normalized spacial score (nSPS) is 21.5. The molecule has 4 rings (SSSR count). The molecule has 1 fully saturated rings. The lowest BCUT2D eigenvalue weighted by Gasteiger charge is -2.20. The molecule has 1 saturated heterocycles. The maximum absolute atomic E-state index is 12.9. The van der Waals surface area contributed by atoms with Gasteiger partial charge < -0.3 is 4.74 Å². The molecular formula is C18H15ClN4O3. The van der Waals surface area contributed by atoms with Crippen molar-refractivity contribution >= 4 is 29.1 Å². The van der Waals surface area contributed by atoms with E-state index in [2.05, 4.69) is 10.3 Å². The Morgan fingerprint density at radius 2 is 1.88 bits per heavy atom. The predicted octanol–water partition coefficient (Wildman–Crippen LogP) is 2.84. The molecule has 0 spiro atoms. The standard InChI is InChI=1S/C18H15ClN4O3/c1-26-14-4-2-3-11(9-14)10-22-16-15(20-21-22)17(24)23(18(16)25)13-7-5-12(19)6-8-13/h2-9,15-16H,10H2,1H3/t15-,16-/m1/s1. The van der Waals surface area contributed by atoms with Crippen LogP contribution in [0.25, 0.3) is 0 Å². The number of hydrogen-bond donors (Lipinski definition) is 0. The highest BCUT2D eigenvalue weighted by atomic mass is 35.5. The lowest BCUT2D eigenvalue weighted by Crippen LogP contribution is -2.39. The van der Waals surface area contributed by atoms with Gasteiger partial charge in [-0.2, -0.15) is 5.11 Å². The molecule has 0 aliphatic carbocycles. The zero-order chi connectivity index (χ0) is 18.3. The van der Waals surface area contributed by atoms with Crippen molar-refractivity contribution in [2.45, 2.75) is 18.6 Å². The van der Waals surface area contributed by atoms with E-state index in [1.165, 1.54) is 0 Å². The summed E-state index contributed by atoms with van der Waals surface area (Å²) in [7, 11) is 1.59. The van der Waals surface area contributed by atoms with E-state index in [0.29, 0.717) is 23.0 Å². The van der Waals surface area contributed by atoms with E-state index in [0.717, 1.165) is 10.5 Å². The van der Waals surface area contributed by atoms with Crippen molar-refractivity contribution in [3.8, 4) is 5.75 Å². The molecule has 2 aliphatic rings. The first kappa shape index (κ1) is 16.5. The molecule has 0 N–H and O–H groups in total. The van der Waals surface area contributed by atoms with Crippen molar-refractivity contribution in [2.75, 3.05) is 12.0 Å². The molecular weight excluding hydrogens is 356 g/mol. The Labute approximate surface area is 154 Å². The van der Waals surface area contributed by atoms with E-state index in [1.54, 1.807) is 36.4 Å². The first-order valence-corrected chi connectivity index (χ1v) is 8.40. The molecule has 26 heavy (non-hydrogen) atoms. The molecule has 2 amide bonds. The molecule has 0 unspecified atom stereocenters. The summed E-state index contributed by atoms with van der Waals surface area (Å²) >= 11 is 5.88. The van der Waals surface area contributed by atoms with Gasteiger partial charge in [-0.05, 0) is 42.0 Å². The van der Waals surface area contributed by atoms with E-state index in [1.807, 2.05) is 24.3 Å². The fraction of sp³-hybridized carbons (Fsp3) is 0.222. The number of anilines is 1. The van der Waals surface area contributed by atoms with Gasteiger partial charge in [0.05, 0.1) is 19.3 Å². The van der Waals surface area contributed by atoms with Gasteiger partial charge >= 0.3 is 0 Å². The minimum Gasteiger partial charge on any atom is -0.497 e. The second-order valence-electron chi connectivity index (χ2n) is 6.03. The number of benzene rings is 2. The van der Waals surface area contributed by atoms with E-state index in [4.69, 9.17) is 16.3 Å². The lowest BCUT2D eigenvalue weighted by molar-refractivity contribution is -0.123. The van der Waals surface area contributed by atoms with E-state index < -0.39 is 12.1 Å². The van der Waals surface area contributed by atoms with Crippen LogP contribution in [0, 0.1) is 0 Å². The topological polar surface area (TPSA) is 74.6 Å². The summed E-state index contributed by atoms with van der Waals surface area (Å²) < 4.78 is 5.22. The summed E-state index contributed by atoms with van der Waals surface area (Å²) in [5.74, 6) is 0.00114. The van der Waals surface area contributed by atoms with Crippen LogP contribution in [0.3, 0.4) is 0 Å². The number of halogens is 1. The Balaban J connectivity index is 1.58. The number of fused-ring (bicyclic) bond motifs is 1. The predicted molar refractivity (Wildman–Crippen MR) is 94.9 cm³/mol. The Morgan fingerprint density at radius 1 is 1.12 bits per heavy atom. The van der Waals surface area contributed by atoms with E-state index in [9.17, 15) is 9.59 Å². The van der Waals surface area contributed by atoms with Crippen molar-refractivity contribution in [3.63, 3.8) is 0 Å². The van der Waals surface area contributed by atoms with E-state index in [-0.39, 0.29) is 11.8 Å². The van der Waals surface area contributed by atoms with Crippen LogP contribution in [0.4, 0.5) is 5.69 Å². The molecule has 0 aromatic heterocycles. The Hall–Kier alpha value is -2.93. The zero-order valence-electron chi connectivity index (χ0n) is 13.9. The molecule has 2 aromatic rings. The number of amides is 2. The number of rotatable bonds is 4. The third-order valence-corrected chi connectivity index (χ3v) is 4.67. The highest BCUT2D eigenvalue weighted by molar-refractivity contribution is 6.31. The monoisotopic (exact) mass is 370 g/mol. The first-order valence-electron chi connectivity index (χ1n) is 8.02. The second-order valence-corrected chi connectivity index (χ2v) is 6.47. The Kier molecular flexibility index (Phi) is 4.08. The molecule has 2 heterocycles. The van der Waals surface area contributed by atoms with Crippen LogP contribution in [0.2, 0.25) is 5.02 Å². The molecule has 2 atom stereocenters. The van der Waals surface area contributed by atoms with Gasteiger partial charge in [-0.1, -0.05) is 29.0 Å². The highest BCUT2D eigenvalue weighted by Gasteiger charge is 2.54. The lowest BCUT2D eigenvalue weighted by atomic mass is 10.1. The molecule has 8 heteroatoms. The number of imide groups is 1. The Morgan fingerprint density at radius 3 is 2.62 bits per heavy atom. The molecule has 0 radical (unpaired) electrons. The van der Waals surface area contributed by atoms with Gasteiger partial charge in [0.15, 0.2) is 12.1 Å². The van der Waals surface area contributed by atoms with Crippen molar-refractivity contribution in [1.29, 1.82) is 0 Å². The number of carbonyl (C=O) groups is 2. The molecule has 132 valence electrons. The number of carbonyl (C=O) groups excluding carboxylic acids is 2. The molecule has 0 saturated carbocycles. The molecule has 7 nitrogen and oxygen atoms in total. The van der Waals surface area contributed by atoms with Crippen LogP contribution in [0.15, 0.2) is 58.9 Å². The van der Waals surface area contributed by atoms with Gasteiger partial charge in [-0.25, -0.2) is 4.90 Å². The van der Waals surface area contributed by atoms with Crippen LogP contribution < -0.4 is 9.64 Å². The number of methoxy groups -OCH3 is 1. The average Bonchev–Trinajstić information content (AvgIpc) is 3.17. The summed E-state index contributed by atoms with van der Waals surface area (Å²) in [5.41, 5.74) is 1.39. The fourth-order valence-electron chi connectivity index (χ4n) is 3.16. The van der Waals surface area contributed by atoms with Crippen molar-refractivity contribution < 1.29 is 14.3 Å². The van der Waals surface area contributed by atoms with Gasteiger partial charge in [-0.15, -0.1) is 0 Å². The van der Waals surface area contributed by atoms with Crippen molar-refractivity contribution in [3.05, 3.63) is 59.1 Å². The quantitative estimate of drug-likeness (QED) is 0.775. The molecule has 2 aliphatic heterocycles. The smallest absolute Gasteiger partial charge is 0.263 e. The van der Waals surface area contributed by atoms with Crippen molar-refractivity contribution in [1.82, 2.24) is 5.01 Å². The van der Waals surface area contributed by atoms with Gasteiger partial charge in [-0.3, -0.25) is 14.6 Å². The molecule has 0 bridgehead atoms. The van der Waals surface area contributed by atoms with Crippen LogP contribution in [-0.4, -0.2) is 36.0 Å². The number of hydrogen-bond acceptors (Lipinski definition) is 6.